The number of nitrogens with zero attached hydrogens (tertiary/aromatic N) is 2. The van der Waals surface area contributed by atoms with E-state index in [1.165, 1.54) is 12.8 Å². The first-order chi connectivity index (χ1) is 7.20. The molecule has 0 bridgehead atoms. The van der Waals surface area contributed by atoms with Gasteiger partial charge in [0.1, 0.15) is 0 Å². The van der Waals surface area contributed by atoms with Crippen LogP contribution in [0.1, 0.15) is 31.0 Å². The highest BCUT2D eigenvalue weighted by Gasteiger charge is 2.12. The number of methoxy groups -OCH3 is 1. The van der Waals surface area contributed by atoms with E-state index in [-0.39, 0.29) is 0 Å². The minimum absolute atomic E-state index is 0.836. The lowest BCUT2D eigenvalue weighted by Crippen LogP contribution is -2.15. The molecular weight excluding hydrogens is 190 g/mol. The summed E-state index contributed by atoms with van der Waals surface area (Å²) in [6, 6.07) is 0. The van der Waals surface area contributed by atoms with Crippen LogP contribution in [0.3, 0.4) is 0 Å². The third-order valence-electron chi connectivity index (χ3n) is 2.49. The molecule has 15 heavy (non-hydrogen) atoms. The van der Waals surface area contributed by atoms with Gasteiger partial charge in [-0.15, -0.1) is 0 Å². The van der Waals surface area contributed by atoms with Crippen LogP contribution < -0.4 is 10.1 Å². The Hall–Kier alpha value is -1.03. The highest BCUT2D eigenvalue weighted by molar-refractivity contribution is 5.30. The smallest absolute Gasteiger partial charge is 0.216 e. The van der Waals surface area contributed by atoms with Crippen molar-refractivity contribution in [2.24, 2.45) is 7.05 Å². The lowest BCUT2D eigenvalue weighted by molar-refractivity contribution is 0.368. The van der Waals surface area contributed by atoms with Crippen LogP contribution in [0.2, 0.25) is 0 Å². The van der Waals surface area contributed by atoms with E-state index in [9.17, 15) is 0 Å². The van der Waals surface area contributed by atoms with Gasteiger partial charge in [-0.25, -0.2) is 4.68 Å². The molecule has 0 unspecified atom stereocenters. The first-order valence-corrected chi connectivity index (χ1v) is 5.47. The van der Waals surface area contributed by atoms with Crippen molar-refractivity contribution >= 4 is 0 Å². The van der Waals surface area contributed by atoms with Crippen LogP contribution in [0.25, 0.3) is 0 Å². The van der Waals surface area contributed by atoms with E-state index in [1.54, 1.807) is 11.8 Å². The van der Waals surface area contributed by atoms with Gasteiger partial charge in [0.15, 0.2) is 0 Å². The fourth-order valence-corrected chi connectivity index (χ4v) is 1.65. The number of nitrogens with one attached hydrogen (secondary N) is 1. The number of ether oxygens (including phenoxy) is 1. The lowest BCUT2D eigenvalue weighted by Gasteiger charge is -2.06. The quantitative estimate of drug-likeness (QED) is 0.727. The highest BCUT2D eigenvalue weighted by Crippen LogP contribution is 2.20. The molecule has 4 nitrogen and oxygen atoms in total. The summed E-state index contributed by atoms with van der Waals surface area (Å²) in [5.41, 5.74) is 2.20. The predicted octanol–water partition coefficient (Wildman–Crippen LogP) is 1.63. The molecule has 1 N–H and O–H groups in total. The highest BCUT2D eigenvalue weighted by atomic mass is 16.5. The molecule has 1 aromatic rings. The summed E-state index contributed by atoms with van der Waals surface area (Å²) in [5.74, 6) is 0.858. The molecule has 0 radical (unpaired) electrons. The average molecular weight is 211 g/mol. The van der Waals surface area contributed by atoms with E-state index in [0.717, 1.165) is 30.2 Å². The van der Waals surface area contributed by atoms with Gasteiger partial charge < -0.3 is 10.1 Å². The van der Waals surface area contributed by atoms with Crippen molar-refractivity contribution in [2.45, 2.75) is 33.2 Å². The van der Waals surface area contributed by atoms with Gasteiger partial charge >= 0.3 is 0 Å². The number of aromatic nitrogens is 2. The Balaban J connectivity index is 2.59. The molecule has 0 aliphatic heterocycles. The van der Waals surface area contributed by atoms with Crippen LogP contribution in [0.5, 0.6) is 5.88 Å². The molecule has 0 atom stereocenters. The predicted molar refractivity (Wildman–Crippen MR) is 61.1 cm³/mol. The van der Waals surface area contributed by atoms with Gasteiger partial charge in [0.2, 0.25) is 5.88 Å². The fourth-order valence-electron chi connectivity index (χ4n) is 1.65. The van der Waals surface area contributed by atoms with E-state index in [2.05, 4.69) is 17.3 Å². The van der Waals surface area contributed by atoms with Crippen molar-refractivity contribution in [3.8, 4) is 5.88 Å². The first kappa shape index (κ1) is 12.0. The van der Waals surface area contributed by atoms with Gasteiger partial charge in [0, 0.05) is 13.6 Å². The summed E-state index contributed by atoms with van der Waals surface area (Å²) >= 11 is 0. The van der Waals surface area contributed by atoms with Crippen LogP contribution in [0.4, 0.5) is 0 Å². The van der Waals surface area contributed by atoms with Gasteiger partial charge in [0.05, 0.1) is 18.4 Å². The zero-order valence-electron chi connectivity index (χ0n) is 10.1. The van der Waals surface area contributed by atoms with Crippen molar-refractivity contribution < 1.29 is 4.74 Å². The SMILES string of the molecule is CCCCNCc1c(C)nn(C)c1OC. The molecule has 0 saturated heterocycles. The second kappa shape index (κ2) is 5.75. The fraction of sp³-hybridized carbons (Fsp3) is 0.727. The van der Waals surface area contributed by atoms with Crippen LogP contribution in [-0.2, 0) is 13.6 Å². The molecule has 0 amide bonds. The second-order valence-corrected chi connectivity index (χ2v) is 3.73. The summed E-state index contributed by atoms with van der Waals surface area (Å²) < 4.78 is 7.10. The molecule has 0 fully saturated rings. The summed E-state index contributed by atoms with van der Waals surface area (Å²) in [4.78, 5) is 0. The number of unbranched alkanes of at least 4 members (excludes halogenated alkanes) is 1. The summed E-state index contributed by atoms with van der Waals surface area (Å²) in [6.07, 6.45) is 2.43. The zero-order valence-corrected chi connectivity index (χ0v) is 10.1. The molecule has 1 aromatic heterocycles. The summed E-state index contributed by atoms with van der Waals surface area (Å²) in [7, 11) is 3.59. The number of hydrogen-bond acceptors (Lipinski definition) is 3. The number of aryl methyl sites for hydroxylation is 2. The zero-order chi connectivity index (χ0) is 11.3. The Morgan fingerprint density at radius 1 is 1.47 bits per heavy atom. The maximum absolute atomic E-state index is 5.31. The maximum Gasteiger partial charge on any atom is 0.216 e. The molecule has 0 aromatic carbocycles. The molecular formula is C11H21N3O. The van der Waals surface area contributed by atoms with Gasteiger partial charge in [-0.2, -0.15) is 5.10 Å². The molecule has 86 valence electrons. The molecule has 0 spiro atoms. The van der Waals surface area contributed by atoms with Gasteiger partial charge in [0.25, 0.3) is 0 Å². The Labute approximate surface area is 91.6 Å². The Morgan fingerprint density at radius 2 is 2.20 bits per heavy atom. The first-order valence-electron chi connectivity index (χ1n) is 5.47. The molecule has 1 heterocycles. The maximum atomic E-state index is 5.31. The van der Waals surface area contributed by atoms with Crippen molar-refractivity contribution in [3.05, 3.63) is 11.3 Å². The summed E-state index contributed by atoms with van der Waals surface area (Å²) in [6.45, 7) is 6.09. The van der Waals surface area contributed by atoms with Gasteiger partial charge in [-0.05, 0) is 19.9 Å². The Kier molecular flexibility index (Phi) is 4.62. The third-order valence-corrected chi connectivity index (χ3v) is 2.49. The van der Waals surface area contributed by atoms with Crippen LogP contribution in [-0.4, -0.2) is 23.4 Å². The standard InChI is InChI=1S/C11H21N3O/c1-5-6-7-12-8-10-9(2)13-14(3)11(10)15-4/h12H,5-8H2,1-4H3. The third kappa shape index (κ3) is 2.96. The van der Waals surface area contributed by atoms with Crippen molar-refractivity contribution in [2.75, 3.05) is 13.7 Å². The van der Waals surface area contributed by atoms with E-state index >= 15 is 0 Å². The topological polar surface area (TPSA) is 39.1 Å². The normalized spacial score (nSPS) is 10.7. The van der Waals surface area contributed by atoms with Gasteiger partial charge in [-0.3, -0.25) is 0 Å². The largest absolute Gasteiger partial charge is 0.481 e. The molecule has 0 aliphatic rings. The monoisotopic (exact) mass is 211 g/mol. The van der Waals surface area contributed by atoms with E-state index in [4.69, 9.17) is 4.74 Å². The van der Waals surface area contributed by atoms with Crippen LogP contribution in [0, 0.1) is 6.92 Å². The molecule has 0 saturated carbocycles. The van der Waals surface area contributed by atoms with E-state index in [0.29, 0.717) is 0 Å². The van der Waals surface area contributed by atoms with E-state index < -0.39 is 0 Å². The van der Waals surface area contributed by atoms with Crippen molar-refractivity contribution in [3.63, 3.8) is 0 Å². The molecule has 4 heteroatoms. The Bertz CT molecular complexity index is 307. The minimum Gasteiger partial charge on any atom is -0.481 e. The van der Waals surface area contributed by atoms with Crippen molar-refractivity contribution in [1.82, 2.24) is 15.1 Å². The van der Waals surface area contributed by atoms with E-state index in [1.807, 2.05) is 14.0 Å². The second-order valence-electron chi connectivity index (χ2n) is 3.73. The average Bonchev–Trinajstić information content (AvgIpc) is 2.48. The minimum atomic E-state index is 0.836. The Morgan fingerprint density at radius 3 is 2.80 bits per heavy atom. The van der Waals surface area contributed by atoms with Crippen LogP contribution >= 0.6 is 0 Å². The van der Waals surface area contributed by atoms with Crippen molar-refractivity contribution in [1.29, 1.82) is 0 Å². The lowest BCUT2D eigenvalue weighted by atomic mass is 10.2. The summed E-state index contributed by atoms with van der Waals surface area (Å²) in [5, 5.41) is 7.73. The molecule has 0 aliphatic carbocycles. The van der Waals surface area contributed by atoms with Gasteiger partial charge in [-0.1, -0.05) is 13.3 Å². The number of rotatable bonds is 6. The van der Waals surface area contributed by atoms with Crippen LogP contribution in [0.15, 0.2) is 0 Å². The number of hydrogen-bond donors (Lipinski definition) is 1. The molecule has 1 rings (SSSR count).